The largest absolute Gasteiger partial charge is 0.396 e. The molecule has 1 heteroatoms. The molecule has 0 atom stereocenters. The van der Waals surface area contributed by atoms with E-state index in [1.54, 1.807) is 12.2 Å². The molecular weight excluding hydrogens is 184 g/mol. The molecule has 0 amide bonds. The summed E-state index contributed by atoms with van der Waals surface area (Å²) in [7, 11) is 0. The van der Waals surface area contributed by atoms with Crippen LogP contribution >= 0.6 is 0 Å². The number of hydrogen-bond donors (Lipinski definition) is 1. The standard InChI is InChI=1S/C14H20O/c1-2-3-4-5-6-7-8-9-10-11-12-13-14-15/h6-7,15H,2-3,10-14H2,1H3/b7-6-. The summed E-state index contributed by atoms with van der Waals surface area (Å²) in [6, 6.07) is 0. The van der Waals surface area contributed by atoms with Crippen LogP contribution in [0.2, 0.25) is 0 Å². The second kappa shape index (κ2) is 12.8. The Balaban J connectivity index is 3.42. The molecule has 0 heterocycles. The third kappa shape index (κ3) is 12.8. The maximum Gasteiger partial charge on any atom is 0.0431 e. The third-order valence-corrected chi connectivity index (χ3v) is 1.79. The Kier molecular flexibility index (Phi) is 11.8. The van der Waals surface area contributed by atoms with Crippen LogP contribution in [0.5, 0.6) is 0 Å². The summed E-state index contributed by atoms with van der Waals surface area (Å²) in [6.07, 6.45) is 9.60. The van der Waals surface area contributed by atoms with Crippen molar-refractivity contribution < 1.29 is 5.11 Å². The van der Waals surface area contributed by atoms with Gasteiger partial charge in [-0.2, -0.15) is 0 Å². The fraction of sp³-hybridized carbons (Fsp3) is 0.571. The van der Waals surface area contributed by atoms with Gasteiger partial charge in [-0.05, 0) is 31.4 Å². The fourth-order valence-electron chi connectivity index (χ4n) is 0.972. The molecule has 15 heavy (non-hydrogen) atoms. The van der Waals surface area contributed by atoms with Crippen LogP contribution in [0.1, 0.15) is 45.4 Å². The van der Waals surface area contributed by atoms with Gasteiger partial charge in [-0.1, -0.05) is 37.0 Å². The summed E-state index contributed by atoms with van der Waals surface area (Å²) >= 11 is 0. The minimum Gasteiger partial charge on any atom is -0.396 e. The Morgan fingerprint density at radius 1 is 0.933 bits per heavy atom. The summed E-state index contributed by atoms with van der Waals surface area (Å²) in [5, 5.41) is 8.55. The molecule has 0 aliphatic carbocycles. The van der Waals surface area contributed by atoms with Crippen molar-refractivity contribution in [3.05, 3.63) is 12.2 Å². The quantitative estimate of drug-likeness (QED) is 0.539. The Morgan fingerprint density at radius 3 is 2.20 bits per heavy atom. The zero-order valence-corrected chi connectivity index (χ0v) is 9.55. The predicted molar refractivity (Wildman–Crippen MR) is 65.2 cm³/mol. The topological polar surface area (TPSA) is 20.2 Å². The molecule has 0 aromatic rings. The molecular formula is C14H20O. The van der Waals surface area contributed by atoms with Crippen molar-refractivity contribution in [1.82, 2.24) is 0 Å². The lowest BCUT2D eigenvalue weighted by Gasteiger charge is -1.90. The molecule has 1 N–H and O–H groups in total. The van der Waals surface area contributed by atoms with E-state index in [9.17, 15) is 0 Å². The van der Waals surface area contributed by atoms with Gasteiger partial charge in [-0.25, -0.2) is 0 Å². The zero-order valence-electron chi connectivity index (χ0n) is 9.55. The molecule has 0 aliphatic rings. The summed E-state index contributed by atoms with van der Waals surface area (Å²) in [5.41, 5.74) is 0. The van der Waals surface area contributed by atoms with Gasteiger partial charge >= 0.3 is 0 Å². The molecule has 0 aromatic heterocycles. The molecule has 0 fully saturated rings. The second-order valence-corrected chi connectivity index (χ2v) is 3.26. The second-order valence-electron chi connectivity index (χ2n) is 3.26. The third-order valence-electron chi connectivity index (χ3n) is 1.79. The SMILES string of the molecule is CCCC#C/C=C\C#CCCCCCO. The molecule has 82 valence electrons. The van der Waals surface area contributed by atoms with E-state index in [4.69, 9.17) is 5.11 Å². The summed E-state index contributed by atoms with van der Waals surface area (Å²) in [5.74, 6) is 11.9. The van der Waals surface area contributed by atoms with Crippen LogP contribution in [-0.4, -0.2) is 11.7 Å². The lowest BCUT2D eigenvalue weighted by atomic mass is 10.2. The number of aliphatic hydroxyl groups excluding tert-OH is 1. The first-order valence-electron chi connectivity index (χ1n) is 5.64. The van der Waals surface area contributed by atoms with Crippen LogP contribution in [0.4, 0.5) is 0 Å². The molecule has 0 unspecified atom stereocenters. The van der Waals surface area contributed by atoms with E-state index in [2.05, 4.69) is 30.6 Å². The summed E-state index contributed by atoms with van der Waals surface area (Å²) in [4.78, 5) is 0. The molecule has 0 saturated heterocycles. The van der Waals surface area contributed by atoms with E-state index in [1.165, 1.54) is 0 Å². The van der Waals surface area contributed by atoms with Gasteiger partial charge in [0.25, 0.3) is 0 Å². The Hall–Kier alpha value is -1.18. The van der Waals surface area contributed by atoms with Crippen molar-refractivity contribution in [2.75, 3.05) is 6.61 Å². The van der Waals surface area contributed by atoms with Gasteiger partial charge in [-0.15, -0.1) is 0 Å². The average Bonchev–Trinajstić information content (AvgIpc) is 2.26. The highest BCUT2D eigenvalue weighted by atomic mass is 16.2. The van der Waals surface area contributed by atoms with E-state index in [-0.39, 0.29) is 0 Å². The maximum absolute atomic E-state index is 8.55. The smallest absolute Gasteiger partial charge is 0.0431 e. The summed E-state index contributed by atoms with van der Waals surface area (Å²) < 4.78 is 0. The van der Waals surface area contributed by atoms with Crippen molar-refractivity contribution in [2.45, 2.75) is 45.4 Å². The van der Waals surface area contributed by atoms with Crippen molar-refractivity contribution >= 4 is 0 Å². The molecule has 0 rings (SSSR count). The lowest BCUT2D eigenvalue weighted by molar-refractivity contribution is 0.283. The number of allylic oxidation sites excluding steroid dienone is 2. The summed E-state index contributed by atoms with van der Waals surface area (Å²) in [6.45, 7) is 2.41. The Bertz CT molecular complexity index is 267. The number of unbranched alkanes of at least 4 members (excludes halogenated alkanes) is 4. The highest BCUT2D eigenvalue weighted by molar-refractivity contribution is 5.24. The minimum atomic E-state index is 0.292. The van der Waals surface area contributed by atoms with Gasteiger partial charge in [0.1, 0.15) is 0 Å². The molecule has 0 saturated carbocycles. The van der Waals surface area contributed by atoms with Crippen LogP contribution < -0.4 is 0 Å². The minimum absolute atomic E-state index is 0.292. The van der Waals surface area contributed by atoms with Gasteiger partial charge in [0.15, 0.2) is 0 Å². The van der Waals surface area contributed by atoms with Crippen LogP contribution in [0.3, 0.4) is 0 Å². The number of rotatable bonds is 5. The van der Waals surface area contributed by atoms with Crippen LogP contribution in [0, 0.1) is 23.7 Å². The Labute approximate surface area is 93.6 Å². The number of aliphatic hydroxyl groups is 1. The first kappa shape index (κ1) is 13.8. The highest BCUT2D eigenvalue weighted by Crippen LogP contribution is 1.96. The lowest BCUT2D eigenvalue weighted by Crippen LogP contribution is -1.81. The van der Waals surface area contributed by atoms with Gasteiger partial charge in [0, 0.05) is 19.4 Å². The van der Waals surface area contributed by atoms with E-state index in [0.717, 1.165) is 38.5 Å². The van der Waals surface area contributed by atoms with Crippen molar-refractivity contribution in [3.8, 4) is 23.7 Å². The molecule has 0 radical (unpaired) electrons. The first-order chi connectivity index (χ1) is 7.41. The molecule has 1 nitrogen and oxygen atoms in total. The highest BCUT2D eigenvalue weighted by Gasteiger charge is 1.83. The van der Waals surface area contributed by atoms with Gasteiger partial charge in [-0.3, -0.25) is 0 Å². The monoisotopic (exact) mass is 204 g/mol. The Morgan fingerprint density at radius 2 is 1.60 bits per heavy atom. The van der Waals surface area contributed by atoms with E-state index < -0.39 is 0 Å². The fourth-order valence-corrected chi connectivity index (χ4v) is 0.972. The maximum atomic E-state index is 8.55. The molecule has 0 bridgehead atoms. The first-order valence-corrected chi connectivity index (χ1v) is 5.64. The molecule has 0 aromatic carbocycles. The van der Waals surface area contributed by atoms with Crippen LogP contribution in [0.15, 0.2) is 12.2 Å². The van der Waals surface area contributed by atoms with E-state index in [0.29, 0.717) is 6.61 Å². The van der Waals surface area contributed by atoms with Crippen molar-refractivity contribution in [3.63, 3.8) is 0 Å². The van der Waals surface area contributed by atoms with Crippen LogP contribution in [0.25, 0.3) is 0 Å². The van der Waals surface area contributed by atoms with Crippen molar-refractivity contribution in [1.29, 1.82) is 0 Å². The van der Waals surface area contributed by atoms with Gasteiger partial charge in [0.2, 0.25) is 0 Å². The number of hydrogen-bond acceptors (Lipinski definition) is 1. The predicted octanol–water partition coefficient (Wildman–Crippen LogP) is 2.90. The normalized spacial score (nSPS) is 9.20. The average molecular weight is 204 g/mol. The van der Waals surface area contributed by atoms with Gasteiger partial charge in [0.05, 0.1) is 0 Å². The van der Waals surface area contributed by atoms with E-state index >= 15 is 0 Å². The van der Waals surface area contributed by atoms with Gasteiger partial charge < -0.3 is 5.11 Å². The molecule has 0 aliphatic heterocycles. The zero-order chi connectivity index (χ0) is 11.2. The molecule has 0 spiro atoms. The van der Waals surface area contributed by atoms with Crippen LogP contribution in [-0.2, 0) is 0 Å². The van der Waals surface area contributed by atoms with Crippen molar-refractivity contribution in [2.24, 2.45) is 0 Å². The van der Waals surface area contributed by atoms with E-state index in [1.807, 2.05) is 0 Å².